The molecule has 0 aliphatic carbocycles. The van der Waals surface area contributed by atoms with Crippen LogP contribution in [0.1, 0.15) is 24.5 Å². The lowest BCUT2D eigenvalue weighted by Crippen LogP contribution is -2.17. The van der Waals surface area contributed by atoms with Gasteiger partial charge in [0.2, 0.25) is 0 Å². The number of ether oxygens (including phenoxy) is 1. The van der Waals surface area contributed by atoms with Crippen LogP contribution in [-0.4, -0.2) is 17.8 Å². The van der Waals surface area contributed by atoms with Crippen molar-refractivity contribution >= 4 is 23.2 Å². The molecule has 0 radical (unpaired) electrons. The fourth-order valence-corrected chi connectivity index (χ4v) is 2.20. The minimum atomic E-state index is -0.682. The van der Waals surface area contributed by atoms with Gasteiger partial charge in [0.25, 0.3) is 0 Å². The highest BCUT2D eigenvalue weighted by atomic mass is 35.5. The predicted octanol–water partition coefficient (Wildman–Crippen LogP) is 3.21. The van der Waals surface area contributed by atoms with Gasteiger partial charge in [-0.15, -0.1) is 0 Å². The van der Waals surface area contributed by atoms with Crippen LogP contribution < -0.4 is 0 Å². The van der Waals surface area contributed by atoms with Crippen LogP contribution in [0.4, 0.5) is 0 Å². The second-order valence-electron chi connectivity index (χ2n) is 3.66. The molecule has 0 saturated carbocycles. The lowest BCUT2D eigenvalue weighted by Gasteiger charge is -2.18. The van der Waals surface area contributed by atoms with Gasteiger partial charge >= 0.3 is 0 Å². The van der Waals surface area contributed by atoms with Crippen LogP contribution in [0.3, 0.4) is 0 Å². The smallest absolute Gasteiger partial charge is 0.107 e. The van der Waals surface area contributed by atoms with Crippen molar-refractivity contribution in [3.63, 3.8) is 0 Å². The SMILES string of the molecule is OC(c1cc(Cl)ccc1Cl)C1CCCO1. The van der Waals surface area contributed by atoms with Crippen LogP contribution in [0.5, 0.6) is 0 Å². The normalized spacial score (nSPS) is 23.0. The highest BCUT2D eigenvalue weighted by Gasteiger charge is 2.26. The highest BCUT2D eigenvalue weighted by Crippen LogP contribution is 2.32. The summed E-state index contributed by atoms with van der Waals surface area (Å²) in [6.07, 6.45) is 1.02. The summed E-state index contributed by atoms with van der Waals surface area (Å²) in [5.41, 5.74) is 0.649. The molecule has 4 heteroatoms. The van der Waals surface area contributed by atoms with Gasteiger partial charge in [0, 0.05) is 22.2 Å². The van der Waals surface area contributed by atoms with Gasteiger partial charge in [-0.1, -0.05) is 23.2 Å². The monoisotopic (exact) mass is 246 g/mol. The third kappa shape index (κ3) is 2.45. The van der Waals surface area contributed by atoms with E-state index in [0.29, 0.717) is 22.2 Å². The van der Waals surface area contributed by atoms with Crippen LogP contribution in [-0.2, 0) is 4.74 Å². The molecule has 1 saturated heterocycles. The first-order valence-electron chi connectivity index (χ1n) is 4.93. The molecule has 1 fully saturated rings. The maximum Gasteiger partial charge on any atom is 0.107 e. The molecular weight excluding hydrogens is 235 g/mol. The largest absolute Gasteiger partial charge is 0.386 e. The number of benzene rings is 1. The van der Waals surface area contributed by atoms with Crippen molar-refractivity contribution < 1.29 is 9.84 Å². The molecule has 15 heavy (non-hydrogen) atoms. The number of rotatable bonds is 2. The third-order valence-electron chi connectivity index (χ3n) is 2.59. The Labute approximate surface area is 98.8 Å². The molecule has 1 aromatic rings. The lowest BCUT2D eigenvalue weighted by atomic mass is 10.0. The van der Waals surface area contributed by atoms with E-state index in [9.17, 15) is 5.11 Å². The van der Waals surface area contributed by atoms with Crippen LogP contribution in [0.15, 0.2) is 18.2 Å². The molecule has 2 atom stereocenters. The van der Waals surface area contributed by atoms with Gasteiger partial charge in [0.05, 0.1) is 6.10 Å². The Morgan fingerprint density at radius 2 is 2.20 bits per heavy atom. The Kier molecular flexibility index (Phi) is 3.52. The van der Waals surface area contributed by atoms with Gasteiger partial charge in [-0.25, -0.2) is 0 Å². The van der Waals surface area contributed by atoms with Crippen LogP contribution in [0.2, 0.25) is 10.0 Å². The average molecular weight is 247 g/mol. The Bertz CT molecular complexity index is 348. The molecular formula is C11H12Cl2O2. The standard InChI is InChI=1S/C11H12Cl2O2/c12-7-3-4-9(13)8(6-7)11(14)10-2-1-5-15-10/h3-4,6,10-11,14H,1-2,5H2. The predicted molar refractivity (Wildman–Crippen MR) is 60.4 cm³/mol. The zero-order valence-electron chi connectivity index (χ0n) is 8.12. The summed E-state index contributed by atoms with van der Waals surface area (Å²) in [4.78, 5) is 0. The van der Waals surface area contributed by atoms with Gasteiger partial charge in [-0.2, -0.15) is 0 Å². The molecule has 0 aromatic heterocycles. The molecule has 0 bridgehead atoms. The maximum atomic E-state index is 10.1. The fourth-order valence-electron chi connectivity index (χ4n) is 1.79. The van der Waals surface area contributed by atoms with Crippen molar-refractivity contribution in [1.82, 2.24) is 0 Å². The van der Waals surface area contributed by atoms with E-state index in [-0.39, 0.29) is 6.10 Å². The van der Waals surface area contributed by atoms with Crippen molar-refractivity contribution in [3.05, 3.63) is 33.8 Å². The third-order valence-corrected chi connectivity index (χ3v) is 3.17. The Morgan fingerprint density at radius 1 is 1.40 bits per heavy atom. The van der Waals surface area contributed by atoms with E-state index in [4.69, 9.17) is 27.9 Å². The quantitative estimate of drug-likeness (QED) is 0.869. The van der Waals surface area contributed by atoms with E-state index >= 15 is 0 Å². The Morgan fingerprint density at radius 3 is 2.87 bits per heavy atom. The number of halogens is 2. The Balaban J connectivity index is 2.23. The molecule has 82 valence electrons. The molecule has 1 aromatic carbocycles. The van der Waals surface area contributed by atoms with Gasteiger partial charge in [-0.3, -0.25) is 0 Å². The van der Waals surface area contributed by atoms with Gasteiger partial charge < -0.3 is 9.84 Å². The highest BCUT2D eigenvalue weighted by molar-refractivity contribution is 6.33. The van der Waals surface area contributed by atoms with E-state index in [1.807, 2.05) is 0 Å². The van der Waals surface area contributed by atoms with Gasteiger partial charge in [-0.05, 0) is 31.0 Å². The summed E-state index contributed by atoms with van der Waals surface area (Å²) in [5.74, 6) is 0. The number of aliphatic hydroxyl groups is 1. The zero-order valence-corrected chi connectivity index (χ0v) is 9.63. The fraction of sp³-hybridized carbons (Fsp3) is 0.455. The van der Waals surface area contributed by atoms with E-state index in [2.05, 4.69) is 0 Å². The summed E-state index contributed by atoms with van der Waals surface area (Å²) in [5, 5.41) is 11.2. The van der Waals surface area contributed by atoms with Crippen molar-refractivity contribution in [3.8, 4) is 0 Å². The topological polar surface area (TPSA) is 29.5 Å². The first-order valence-corrected chi connectivity index (χ1v) is 5.68. The maximum absolute atomic E-state index is 10.1. The lowest BCUT2D eigenvalue weighted by molar-refractivity contribution is -0.00253. The van der Waals surface area contributed by atoms with Gasteiger partial charge in [0.15, 0.2) is 0 Å². The molecule has 1 N–H and O–H groups in total. The van der Waals surface area contributed by atoms with Crippen LogP contribution >= 0.6 is 23.2 Å². The molecule has 0 spiro atoms. The molecule has 1 heterocycles. The van der Waals surface area contributed by atoms with E-state index < -0.39 is 6.10 Å². The molecule has 2 nitrogen and oxygen atoms in total. The van der Waals surface area contributed by atoms with Gasteiger partial charge in [0.1, 0.15) is 6.10 Å². The second-order valence-corrected chi connectivity index (χ2v) is 4.51. The molecule has 2 rings (SSSR count). The summed E-state index contributed by atoms with van der Waals surface area (Å²) >= 11 is 11.9. The summed E-state index contributed by atoms with van der Waals surface area (Å²) in [6.45, 7) is 0.708. The first-order chi connectivity index (χ1) is 7.18. The molecule has 1 aliphatic rings. The summed E-state index contributed by atoms with van der Waals surface area (Å²) in [7, 11) is 0. The summed E-state index contributed by atoms with van der Waals surface area (Å²) in [6, 6.07) is 5.09. The molecule has 0 amide bonds. The number of hydrogen-bond donors (Lipinski definition) is 1. The first kappa shape index (κ1) is 11.2. The van der Waals surface area contributed by atoms with Crippen molar-refractivity contribution in [2.45, 2.75) is 25.0 Å². The Hall–Kier alpha value is -0.280. The zero-order chi connectivity index (χ0) is 10.8. The van der Waals surface area contributed by atoms with E-state index in [0.717, 1.165) is 12.8 Å². The van der Waals surface area contributed by atoms with Crippen molar-refractivity contribution in [2.75, 3.05) is 6.61 Å². The number of hydrogen-bond acceptors (Lipinski definition) is 2. The molecule has 1 aliphatic heterocycles. The van der Waals surface area contributed by atoms with Crippen LogP contribution in [0, 0.1) is 0 Å². The number of aliphatic hydroxyl groups excluding tert-OH is 1. The van der Waals surface area contributed by atoms with Crippen molar-refractivity contribution in [1.29, 1.82) is 0 Å². The van der Waals surface area contributed by atoms with E-state index in [1.165, 1.54) is 0 Å². The summed E-state index contributed by atoms with van der Waals surface area (Å²) < 4.78 is 5.41. The minimum Gasteiger partial charge on any atom is -0.386 e. The average Bonchev–Trinajstić information content (AvgIpc) is 2.74. The second kappa shape index (κ2) is 4.71. The molecule has 2 unspecified atom stereocenters. The minimum absolute atomic E-state index is 0.152. The van der Waals surface area contributed by atoms with Crippen LogP contribution in [0.25, 0.3) is 0 Å². The van der Waals surface area contributed by atoms with E-state index in [1.54, 1.807) is 18.2 Å². The van der Waals surface area contributed by atoms with Crippen molar-refractivity contribution in [2.24, 2.45) is 0 Å².